The van der Waals surface area contributed by atoms with Crippen LogP contribution < -0.4 is 4.90 Å². The fourth-order valence-electron chi connectivity index (χ4n) is 4.58. The number of hydrogen-bond acceptors (Lipinski definition) is 6. The Morgan fingerprint density at radius 1 is 1.05 bits per heavy atom. The van der Waals surface area contributed by atoms with Crippen molar-refractivity contribution in [3.8, 4) is 5.88 Å². The minimum Gasteiger partial charge on any atom is -0.492 e. The molecule has 14 heteroatoms. The summed E-state index contributed by atoms with van der Waals surface area (Å²) in [5.74, 6) is -1.89. The highest BCUT2D eigenvalue weighted by Gasteiger charge is 2.38. The zero-order valence-electron chi connectivity index (χ0n) is 20.3. The van der Waals surface area contributed by atoms with E-state index in [-0.39, 0.29) is 16.5 Å². The Labute approximate surface area is 226 Å². The predicted octanol–water partition coefficient (Wildman–Crippen LogP) is 6.65. The van der Waals surface area contributed by atoms with Crippen LogP contribution >= 0.6 is 11.3 Å². The van der Waals surface area contributed by atoms with Gasteiger partial charge in [-0.3, -0.25) is 9.89 Å². The number of aromatic hydroxyl groups is 1. The van der Waals surface area contributed by atoms with Crippen LogP contribution in [0.2, 0.25) is 0 Å². The van der Waals surface area contributed by atoms with Crippen LogP contribution in [0.4, 0.5) is 31.5 Å². The van der Waals surface area contributed by atoms with Crippen molar-refractivity contribution in [3.63, 3.8) is 0 Å². The normalized spacial score (nSPS) is 15.7. The van der Waals surface area contributed by atoms with E-state index in [4.69, 9.17) is 0 Å². The summed E-state index contributed by atoms with van der Waals surface area (Å²) < 4.78 is 81.5. The van der Waals surface area contributed by atoms with E-state index in [9.17, 15) is 41.4 Å². The number of H-pyrrole nitrogens is 1. The summed E-state index contributed by atoms with van der Waals surface area (Å²) in [4.78, 5) is 17.4. The minimum atomic E-state index is -5.10. The van der Waals surface area contributed by atoms with E-state index in [1.54, 1.807) is 23.1 Å². The number of carboxylic acid groups (broad SMARTS) is 1. The molecule has 210 valence electrons. The van der Waals surface area contributed by atoms with Crippen LogP contribution in [-0.4, -0.2) is 44.5 Å². The number of carbonyl (C=O) groups is 1. The van der Waals surface area contributed by atoms with Gasteiger partial charge < -0.3 is 15.1 Å². The molecule has 1 fully saturated rings. The lowest BCUT2D eigenvalue weighted by molar-refractivity contribution is -0.144. The summed E-state index contributed by atoms with van der Waals surface area (Å²) in [7, 11) is 0. The van der Waals surface area contributed by atoms with Gasteiger partial charge in [-0.2, -0.15) is 36.4 Å². The lowest BCUT2D eigenvalue weighted by atomic mass is 9.96. The smallest absolute Gasteiger partial charge is 0.417 e. The van der Waals surface area contributed by atoms with Gasteiger partial charge in [-0.05, 0) is 54.3 Å². The highest BCUT2D eigenvalue weighted by molar-refractivity contribution is 7.17. The Hall–Kier alpha value is -4.07. The van der Waals surface area contributed by atoms with Crippen molar-refractivity contribution in [2.45, 2.75) is 25.2 Å². The van der Waals surface area contributed by atoms with Crippen molar-refractivity contribution in [1.82, 2.24) is 15.2 Å². The molecule has 0 aliphatic carbocycles. The number of nitrogens with one attached hydrogen (secondary N) is 1. The highest BCUT2D eigenvalue weighted by Crippen LogP contribution is 2.43. The molecule has 3 heterocycles. The van der Waals surface area contributed by atoms with Crippen LogP contribution in [0, 0.1) is 5.92 Å². The number of rotatable bonds is 5. The number of carboxylic acids is 1. The van der Waals surface area contributed by atoms with Crippen molar-refractivity contribution in [1.29, 1.82) is 0 Å². The molecule has 40 heavy (non-hydrogen) atoms. The molecule has 0 spiro atoms. The van der Waals surface area contributed by atoms with Crippen LogP contribution in [-0.2, 0) is 17.1 Å². The molecule has 7 nitrogen and oxygen atoms in total. The number of alkyl halides is 6. The second-order valence-electron chi connectivity index (χ2n) is 9.28. The first kappa shape index (κ1) is 27.5. The van der Waals surface area contributed by atoms with E-state index in [0.29, 0.717) is 53.6 Å². The molecule has 0 unspecified atom stereocenters. The maximum atomic E-state index is 13.9. The maximum absolute atomic E-state index is 13.9. The van der Waals surface area contributed by atoms with Crippen LogP contribution in [0.3, 0.4) is 0 Å². The Kier molecular flexibility index (Phi) is 6.98. The molecular weight excluding hydrogens is 562 g/mol. The number of halogens is 6. The number of aromatic nitrogens is 3. The number of thiazole rings is 1. The van der Waals surface area contributed by atoms with Crippen molar-refractivity contribution < 1.29 is 41.4 Å². The number of nitrogens with zero attached hydrogens (tertiary/aromatic N) is 3. The zero-order valence-corrected chi connectivity index (χ0v) is 21.2. The lowest BCUT2D eigenvalue weighted by Crippen LogP contribution is -2.36. The first-order valence-corrected chi connectivity index (χ1v) is 12.7. The van der Waals surface area contributed by atoms with Crippen molar-refractivity contribution >= 4 is 45.0 Å². The average Bonchev–Trinajstić information content (AvgIpc) is 3.52. The summed E-state index contributed by atoms with van der Waals surface area (Å²) in [6.07, 6.45) is -6.78. The molecule has 0 saturated carbocycles. The fraction of sp³-hybridized carbons (Fsp3) is 0.269. The van der Waals surface area contributed by atoms with Crippen LogP contribution in [0.15, 0.2) is 42.6 Å². The number of hydrogen-bond donors (Lipinski definition) is 3. The van der Waals surface area contributed by atoms with Crippen molar-refractivity contribution in [2.75, 3.05) is 18.0 Å². The van der Waals surface area contributed by atoms with Crippen molar-refractivity contribution in [3.05, 3.63) is 69.7 Å². The van der Waals surface area contributed by atoms with E-state index in [1.165, 1.54) is 6.20 Å². The summed E-state index contributed by atoms with van der Waals surface area (Å²) in [5.41, 5.74) is -2.33. The number of anilines is 1. The topological polar surface area (TPSA) is 102 Å². The predicted molar refractivity (Wildman–Crippen MR) is 136 cm³/mol. The van der Waals surface area contributed by atoms with Gasteiger partial charge in [0.25, 0.3) is 0 Å². The Bertz CT molecular complexity index is 1600. The number of piperidine rings is 1. The minimum absolute atomic E-state index is 0.0628. The van der Waals surface area contributed by atoms with Gasteiger partial charge in [0.2, 0.25) is 5.88 Å². The van der Waals surface area contributed by atoms with E-state index >= 15 is 0 Å². The van der Waals surface area contributed by atoms with Crippen LogP contribution in [0.5, 0.6) is 5.88 Å². The monoisotopic (exact) mass is 582 g/mol. The van der Waals surface area contributed by atoms with Gasteiger partial charge >= 0.3 is 18.3 Å². The maximum Gasteiger partial charge on any atom is 0.417 e. The van der Waals surface area contributed by atoms with Gasteiger partial charge in [0.15, 0.2) is 5.13 Å². The third-order valence-electron chi connectivity index (χ3n) is 6.69. The van der Waals surface area contributed by atoms with Gasteiger partial charge in [0.1, 0.15) is 4.88 Å². The Morgan fingerprint density at radius 3 is 2.42 bits per heavy atom. The molecular formula is C26H20F6N4O3S. The Balaban J connectivity index is 1.64. The average molecular weight is 583 g/mol. The highest BCUT2D eigenvalue weighted by atomic mass is 32.1. The van der Waals surface area contributed by atoms with Gasteiger partial charge in [-0.25, -0.2) is 0 Å². The van der Waals surface area contributed by atoms with Gasteiger partial charge in [-0.15, -0.1) is 0 Å². The molecule has 1 aliphatic rings. The zero-order chi connectivity index (χ0) is 28.8. The molecule has 1 saturated heterocycles. The molecule has 2 aromatic heterocycles. The van der Waals surface area contributed by atoms with E-state index in [0.717, 1.165) is 23.5 Å². The fourth-order valence-corrected chi connectivity index (χ4v) is 5.63. The lowest BCUT2D eigenvalue weighted by Gasteiger charge is -2.29. The second kappa shape index (κ2) is 10.2. The molecule has 3 N–H and O–H groups in total. The first-order chi connectivity index (χ1) is 18.8. The van der Waals surface area contributed by atoms with E-state index in [2.05, 4.69) is 15.2 Å². The third kappa shape index (κ3) is 5.48. The standard InChI is InChI=1S/C26H20F6N4O3S/c27-25(28,29)17-3-1-15(19(11-17)26(30,31)32)10-18(14-2-4-20-16(9-14)12-33-35-20)21-22(37)34-24(40-21)36-7-5-13(6-8-36)23(38)39/h1-4,9-13,37H,5-8H2,(H,33,35)(H,38,39). The van der Waals surface area contributed by atoms with Crippen LogP contribution in [0.25, 0.3) is 22.6 Å². The number of aliphatic carboxylic acids is 1. The molecule has 4 aromatic rings. The second-order valence-corrected chi connectivity index (χ2v) is 10.3. The molecule has 0 radical (unpaired) electrons. The first-order valence-electron chi connectivity index (χ1n) is 11.9. The van der Waals surface area contributed by atoms with Gasteiger partial charge in [-0.1, -0.05) is 23.5 Å². The SMILES string of the molecule is O=C(O)C1CCN(c2nc(O)c(C(=Cc3ccc(C(F)(F)F)cc3C(F)(F)F)c3ccc4[nH]ncc4c3)s2)CC1. The molecule has 0 atom stereocenters. The van der Waals surface area contributed by atoms with E-state index < -0.39 is 46.8 Å². The van der Waals surface area contributed by atoms with E-state index in [1.807, 2.05) is 0 Å². The third-order valence-corrected chi connectivity index (χ3v) is 7.83. The number of benzene rings is 2. The molecule has 0 amide bonds. The molecule has 5 rings (SSSR count). The van der Waals surface area contributed by atoms with Crippen LogP contribution in [0.1, 0.15) is 40.0 Å². The largest absolute Gasteiger partial charge is 0.492 e. The Morgan fingerprint density at radius 2 is 1.77 bits per heavy atom. The van der Waals surface area contributed by atoms with Gasteiger partial charge in [0.05, 0.1) is 28.8 Å². The summed E-state index contributed by atoms with van der Waals surface area (Å²) in [5, 5.41) is 27.7. The summed E-state index contributed by atoms with van der Waals surface area (Å²) >= 11 is 0.990. The number of fused-ring (bicyclic) bond motifs is 1. The summed E-state index contributed by atoms with van der Waals surface area (Å²) in [6, 6.07) is 6.23. The van der Waals surface area contributed by atoms with Gasteiger partial charge in [0, 0.05) is 24.0 Å². The molecule has 1 aliphatic heterocycles. The summed E-state index contributed by atoms with van der Waals surface area (Å²) in [6.45, 7) is 0.695. The van der Waals surface area contributed by atoms with Crippen molar-refractivity contribution in [2.24, 2.45) is 5.92 Å². The quantitative estimate of drug-likeness (QED) is 0.180. The molecule has 2 aromatic carbocycles. The number of aromatic amines is 1. The molecule has 0 bridgehead atoms.